The first-order chi connectivity index (χ1) is 27.0. The van der Waals surface area contributed by atoms with Gasteiger partial charge in [-0.1, -0.05) is 177 Å². The Balaban J connectivity index is 0.000000672. The molecule has 5 rings (SSSR count). The Kier molecular flexibility index (Phi) is 32.8. The van der Waals surface area contributed by atoms with Gasteiger partial charge in [-0.2, -0.15) is 0 Å². The van der Waals surface area contributed by atoms with Crippen molar-refractivity contribution < 1.29 is 19.4 Å². The van der Waals surface area contributed by atoms with Crippen LogP contribution in [-0.4, -0.2) is 24.4 Å². The summed E-state index contributed by atoms with van der Waals surface area (Å²) in [4.78, 5) is 9.90. The number of ether oxygens (including phenoxy) is 2. The Hall–Kier alpha value is -2.53. The number of carboxylic acids is 1. The lowest BCUT2D eigenvalue weighted by atomic mass is 9.85. The Morgan fingerprint density at radius 1 is 0.632 bits per heavy atom. The minimum atomic E-state index is -0.696. The van der Waals surface area contributed by atoms with Crippen LogP contribution in [0, 0.1) is 47.3 Å². The van der Waals surface area contributed by atoms with Gasteiger partial charge in [-0.25, -0.2) is 0 Å². The van der Waals surface area contributed by atoms with E-state index in [9.17, 15) is 4.79 Å². The van der Waals surface area contributed by atoms with Gasteiger partial charge in [-0.3, -0.25) is 4.79 Å². The summed E-state index contributed by atoms with van der Waals surface area (Å²) in [5, 5.41) is 8.16. The van der Waals surface area contributed by atoms with E-state index < -0.39 is 5.97 Å². The van der Waals surface area contributed by atoms with Crippen molar-refractivity contribution in [2.45, 2.75) is 192 Å². The monoisotopic (exact) mass is 796 g/mol. The molecule has 0 aromatic heterocycles. The third-order valence-electron chi connectivity index (χ3n) is 10.2. The van der Waals surface area contributed by atoms with Crippen molar-refractivity contribution >= 4 is 5.97 Å². The Labute approximate surface area is 354 Å². The van der Waals surface area contributed by atoms with Crippen LogP contribution in [0.2, 0.25) is 0 Å². The summed E-state index contributed by atoms with van der Waals surface area (Å²) in [7, 11) is 0. The van der Waals surface area contributed by atoms with E-state index in [1.165, 1.54) is 101 Å². The van der Waals surface area contributed by atoms with Crippen molar-refractivity contribution in [1.82, 2.24) is 0 Å². The highest BCUT2D eigenvalue weighted by atomic mass is 16.7. The lowest BCUT2D eigenvalue weighted by Gasteiger charge is -2.21. The maximum Gasteiger partial charge on any atom is 0.303 e. The highest BCUT2D eigenvalue weighted by Crippen LogP contribution is 2.35. The zero-order valence-corrected chi connectivity index (χ0v) is 39.4. The molecule has 0 amide bonds. The molecule has 0 spiro atoms. The smallest absolute Gasteiger partial charge is 0.303 e. The van der Waals surface area contributed by atoms with Crippen molar-refractivity contribution in [3.05, 3.63) is 59.7 Å². The number of hydrogen-bond donors (Lipinski definition) is 2. The Bertz CT molecular complexity index is 1200. The molecule has 1 heterocycles. The third kappa shape index (κ3) is 36.3. The summed E-state index contributed by atoms with van der Waals surface area (Å²) in [6.07, 6.45) is 22.1. The fourth-order valence-corrected chi connectivity index (χ4v) is 6.64. The summed E-state index contributed by atoms with van der Waals surface area (Å²) < 4.78 is 10.5. The molecule has 0 bridgehead atoms. The molecule has 5 heteroatoms. The van der Waals surface area contributed by atoms with Crippen molar-refractivity contribution in [3.63, 3.8) is 0 Å². The Morgan fingerprint density at radius 3 is 1.65 bits per heavy atom. The van der Waals surface area contributed by atoms with Gasteiger partial charge in [-0.05, 0) is 122 Å². The minimum absolute atomic E-state index is 0.303. The molecule has 2 fully saturated rings. The average molecular weight is 796 g/mol. The summed E-state index contributed by atoms with van der Waals surface area (Å²) in [6.45, 7) is 27.9. The van der Waals surface area contributed by atoms with Gasteiger partial charge in [0, 0.05) is 6.42 Å². The second-order valence-corrected chi connectivity index (χ2v) is 19.4. The molecule has 1 aliphatic heterocycles. The number of benzene rings is 2. The number of nitrogens with two attached hydrogens (primary N) is 1. The lowest BCUT2D eigenvalue weighted by Crippen LogP contribution is -2.06. The van der Waals surface area contributed by atoms with Crippen LogP contribution in [0.5, 0.6) is 11.5 Å². The van der Waals surface area contributed by atoms with Gasteiger partial charge in [0.25, 0.3) is 0 Å². The molecule has 0 radical (unpaired) electrons. The summed E-state index contributed by atoms with van der Waals surface area (Å²) >= 11 is 0. The zero-order chi connectivity index (χ0) is 43.0. The molecule has 2 aromatic carbocycles. The van der Waals surface area contributed by atoms with Gasteiger partial charge in [0.1, 0.15) is 0 Å². The number of carboxylic acid groups (broad SMARTS) is 1. The van der Waals surface area contributed by atoms with Crippen LogP contribution in [0.1, 0.15) is 191 Å². The largest absolute Gasteiger partial charge is 0.481 e. The van der Waals surface area contributed by atoms with Crippen LogP contribution >= 0.6 is 0 Å². The number of aryl methyl sites for hydroxylation is 1. The van der Waals surface area contributed by atoms with Crippen molar-refractivity contribution in [3.8, 4) is 11.5 Å². The predicted octanol–water partition coefficient (Wildman–Crippen LogP) is 15.2. The number of hydrogen-bond acceptors (Lipinski definition) is 4. The van der Waals surface area contributed by atoms with Crippen LogP contribution in [0.4, 0.5) is 0 Å². The second kappa shape index (κ2) is 34.3. The highest BCUT2D eigenvalue weighted by molar-refractivity contribution is 5.66. The van der Waals surface area contributed by atoms with E-state index in [1.807, 2.05) is 19.9 Å². The fraction of sp³-hybridized carbons (Fsp3) is 0.750. The van der Waals surface area contributed by atoms with E-state index in [0.717, 1.165) is 66.4 Å². The number of carbonyl (C=O) groups is 1. The van der Waals surface area contributed by atoms with Gasteiger partial charge in [0.15, 0.2) is 11.5 Å². The topological polar surface area (TPSA) is 81.8 Å². The highest BCUT2D eigenvalue weighted by Gasteiger charge is 2.21. The van der Waals surface area contributed by atoms with Gasteiger partial charge >= 0.3 is 5.97 Å². The first-order valence-corrected chi connectivity index (χ1v) is 23.4. The molecule has 5 nitrogen and oxygen atoms in total. The summed E-state index contributed by atoms with van der Waals surface area (Å²) in [6, 6.07) is 16.8. The standard InChI is InChI=1S/C11H14O2.C11H22.C11H16.C7H14.C6H15N.C6H12O2/c1-8(2)5-9-3-4-10-11(6-9)13-7-12-10;2*1-10(2)8-9-11-6-4-3-5-7-11;1-6(2)5-7-3-4-7;1-6(2)4-3-5-7;1-5(2)3-4-6(7)8/h3-4,6,8H,5,7H2,1-2H3;10-11H,3-9H2,1-2H3;3-7,10H,8-9H2,1-2H3;6-7H,3-5H2,1-2H3;6H,3-5,7H2,1-2H3;5H,3-4H2,1-2H3,(H,7,8). The van der Waals surface area contributed by atoms with Crippen LogP contribution < -0.4 is 15.2 Å². The van der Waals surface area contributed by atoms with Crippen LogP contribution in [0.3, 0.4) is 0 Å². The maximum atomic E-state index is 9.90. The maximum absolute atomic E-state index is 9.90. The van der Waals surface area contributed by atoms with Crippen molar-refractivity contribution in [2.75, 3.05) is 13.3 Å². The van der Waals surface area contributed by atoms with E-state index in [4.69, 9.17) is 20.3 Å². The molecule has 2 aliphatic carbocycles. The van der Waals surface area contributed by atoms with Crippen LogP contribution in [-0.2, 0) is 17.6 Å². The number of rotatable bonds is 16. The fourth-order valence-electron chi connectivity index (χ4n) is 6.64. The lowest BCUT2D eigenvalue weighted by molar-refractivity contribution is -0.137. The van der Waals surface area contributed by atoms with Gasteiger partial charge in [0.05, 0.1) is 0 Å². The molecule has 2 saturated carbocycles. The SMILES string of the molecule is CC(C)CC1CC1.CC(C)CCC(=O)O.CC(C)CCC1CCCCC1.CC(C)CCCN.CC(C)CCc1ccccc1.CC(C)Cc1ccc2c(c1)OCO2. The quantitative estimate of drug-likeness (QED) is 0.177. The first-order valence-electron chi connectivity index (χ1n) is 23.4. The van der Waals surface area contributed by atoms with Crippen LogP contribution in [0.15, 0.2) is 48.5 Å². The van der Waals surface area contributed by atoms with Crippen molar-refractivity contribution in [1.29, 1.82) is 0 Å². The molecular formula is C52H93NO4. The molecular weight excluding hydrogens is 703 g/mol. The molecule has 3 N–H and O–H groups in total. The van der Waals surface area contributed by atoms with E-state index >= 15 is 0 Å². The summed E-state index contributed by atoms with van der Waals surface area (Å²) in [5.74, 6) is 7.95. The summed E-state index contributed by atoms with van der Waals surface area (Å²) in [5.41, 5.74) is 8.06. The first kappa shape index (κ1) is 54.5. The number of aliphatic carboxylic acids is 1. The second-order valence-electron chi connectivity index (χ2n) is 19.4. The zero-order valence-electron chi connectivity index (χ0n) is 39.4. The molecule has 0 saturated heterocycles. The minimum Gasteiger partial charge on any atom is -0.481 e. The Morgan fingerprint density at radius 2 is 1.21 bits per heavy atom. The predicted molar refractivity (Wildman–Crippen MR) is 248 cm³/mol. The van der Waals surface area contributed by atoms with E-state index in [2.05, 4.69) is 112 Å². The number of fused-ring (bicyclic) bond motifs is 1. The molecule has 330 valence electrons. The molecule has 0 atom stereocenters. The van der Waals surface area contributed by atoms with Crippen LogP contribution in [0.25, 0.3) is 0 Å². The molecule has 3 aliphatic rings. The van der Waals surface area contributed by atoms with Crippen molar-refractivity contribution in [2.24, 2.45) is 53.1 Å². The third-order valence-corrected chi connectivity index (χ3v) is 10.2. The van der Waals surface area contributed by atoms with Gasteiger partial charge < -0.3 is 20.3 Å². The molecule has 0 unspecified atom stereocenters. The van der Waals surface area contributed by atoms with E-state index in [-0.39, 0.29) is 0 Å². The molecule has 2 aromatic rings. The van der Waals surface area contributed by atoms with Gasteiger partial charge in [-0.15, -0.1) is 0 Å². The van der Waals surface area contributed by atoms with Gasteiger partial charge in [0.2, 0.25) is 6.79 Å². The van der Waals surface area contributed by atoms with E-state index in [0.29, 0.717) is 25.0 Å². The normalized spacial score (nSPS) is 14.4. The molecule has 57 heavy (non-hydrogen) atoms. The van der Waals surface area contributed by atoms with E-state index in [1.54, 1.807) is 0 Å². The average Bonchev–Trinajstić information content (AvgIpc) is 3.84.